The second kappa shape index (κ2) is 7.12. The molecule has 0 radical (unpaired) electrons. The van der Waals surface area contributed by atoms with E-state index in [0.717, 1.165) is 6.42 Å². The third kappa shape index (κ3) is 7.68. The van der Waals surface area contributed by atoms with E-state index in [-0.39, 0.29) is 23.5 Å². The summed E-state index contributed by atoms with van der Waals surface area (Å²) in [5.74, 6) is 0.272. The van der Waals surface area contributed by atoms with Crippen molar-refractivity contribution >= 4 is 18.6 Å². The van der Waals surface area contributed by atoms with Gasteiger partial charge < -0.3 is 4.74 Å². The standard InChI is InChI=1S/C11H23NO2S/c1-7(2)6-10(12-9(5)15)11(13)14-8(3)4/h7-10,12,15H,6H2,1-5H3/t9?,10-/m0/s1. The van der Waals surface area contributed by atoms with Gasteiger partial charge in [-0.05, 0) is 33.1 Å². The van der Waals surface area contributed by atoms with Crippen LogP contribution in [0, 0.1) is 5.92 Å². The Morgan fingerprint density at radius 2 is 1.80 bits per heavy atom. The monoisotopic (exact) mass is 233 g/mol. The van der Waals surface area contributed by atoms with Gasteiger partial charge in [-0.2, -0.15) is 12.6 Å². The van der Waals surface area contributed by atoms with Crippen molar-refractivity contribution in [2.45, 2.75) is 58.6 Å². The Bertz CT molecular complexity index is 183. The van der Waals surface area contributed by atoms with Crippen LogP contribution in [-0.2, 0) is 9.53 Å². The Kier molecular flexibility index (Phi) is 7.02. The number of hydrogen-bond donors (Lipinski definition) is 2. The minimum absolute atomic E-state index is 0.00605. The summed E-state index contributed by atoms with van der Waals surface area (Å²) in [5, 5.41) is 3.10. The van der Waals surface area contributed by atoms with Crippen LogP contribution in [0.4, 0.5) is 0 Å². The van der Waals surface area contributed by atoms with Gasteiger partial charge in [-0.25, -0.2) is 0 Å². The summed E-state index contributed by atoms with van der Waals surface area (Å²) in [6.07, 6.45) is 0.709. The average Bonchev–Trinajstić information content (AvgIpc) is 1.99. The maximum absolute atomic E-state index is 11.7. The molecule has 0 rings (SSSR count). The Hall–Kier alpha value is -0.220. The Morgan fingerprint density at radius 1 is 1.27 bits per heavy atom. The van der Waals surface area contributed by atoms with E-state index >= 15 is 0 Å². The molecule has 0 aliphatic rings. The van der Waals surface area contributed by atoms with E-state index < -0.39 is 0 Å². The molecular formula is C11H23NO2S. The molecule has 90 valence electrons. The highest BCUT2D eigenvalue weighted by Gasteiger charge is 2.22. The molecule has 0 bridgehead atoms. The fraction of sp³-hybridized carbons (Fsp3) is 0.909. The first-order chi connectivity index (χ1) is 6.82. The van der Waals surface area contributed by atoms with E-state index in [9.17, 15) is 4.79 Å². The third-order valence-electron chi connectivity index (χ3n) is 1.79. The molecule has 0 saturated heterocycles. The average molecular weight is 233 g/mol. The van der Waals surface area contributed by atoms with Crippen LogP contribution in [0.25, 0.3) is 0 Å². The number of nitrogens with one attached hydrogen (secondary N) is 1. The van der Waals surface area contributed by atoms with Gasteiger partial charge in [-0.3, -0.25) is 10.1 Å². The van der Waals surface area contributed by atoms with E-state index in [0.29, 0.717) is 5.92 Å². The van der Waals surface area contributed by atoms with Crippen LogP contribution >= 0.6 is 12.6 Å². The van der Waals surface area contributed by atoms with Crippen LogP contribution in [0.15, 0.2) is 0 Å². The van der Waals surface area contributed by atoms with Gasteiger partial charge in [0, 0.05) is 5.37 Å². The SMILES string of the molecule is CC(C)C[C@H](NC(C)S)C(=O)OC(C)C. The molecule has 0 aromatic rings. The number of hydrogen-bond acceptors (Lipinski definition) is 4. The molecule has 0 aliphatic carbocycles. The predicted octanol–water partition coefficient (Wildman–Crippen LogP) is 2.22. The summed E-state index contributed by atoms with van der Waals surface area (Å²) in [6, 6.07) is -0.250. The first-order valence-electron chi connectivity index (χ1n) is 5.47. The highest BCUT2D eigenvalue weighted by Crippen LogP contribution is 2.09. The van der Waals surface area contributed by atoms with E-state index in [2.05, 4.69) is 31.8 Å². The summed E-state index contributed by atoms with van der Waals surface area (Å²) in [4.78, 5) is 11.7. The van der Waals surface area contributed by atoms with Crippen molar-refractivity contribution in [2.24, 2.45) is 5.92 Å². The lowest BCUT2D eigenvalue weighted by Gasteiger charge is -2.22. The van der Waals surface area contributed by atoms with Crippen molar-refractivity contribution in [1.82, 2.24) is 5.32 Å². The van der Waals surface area contributed by atoms with Crippen LogP contribution in [0.1, 0.15) is 41.0 Å². The van der Waals surface area contributed by atoms with Gasteiger partial charge in [-0.1, -0.05) is 13.8 Å². The maximum atomic E-state index is 11.7. The Labute approximate surface area is 98.4 Å². The Morgan fingerprint density at radius 3 is 2.13 bits per heavy atom. The van der Waals surface area contributed by atoms with Crippen molar-refractivity contribution in [3.8, 4) is 0 Å². The van der Waals surface area contributed by atoms with Crippen LogP contribution in [-0.4, -0.2) is 23.5 Å². The Balaban J connectivity index is 4.27. The summed E-state index contributed by atoms with van der Waals surface area (Å²) in [6.45, 7) is 9.78. The van der Waals surface area contributed by atoms with Crippen molar-refractivity contribution in [1.29, 1.82) is 0 Å². The number of thiol groups is 1. The zero-order valence-electron chi connectivity index (χ0n) is 10.3. The van der Waals surface area contributed by atoms with Crippen molar-refractivity contribution < 1.29 is 9.53 Å². The second-order valence-electron chi connectivity index (χ2n) is 4.51. The summed E-state index contributed by atoms with van der Waals surface area (Å²) >= 11 is 4.23. The lowest BCUT2D eigenvalue weighted by molar-refractivity contribution is -0.150. The van der Waals surface area contributed by atoms with Crippen LogP contribution < -0.4 is 5.32 Å². The fourth-order valence-electron chi connectivity index (χ4n) is 1.31. The highest BCUT2D eigenvalue weighted by atomic mass is 32.1. The molecule has 2 atom stereocenters. The molecule has 4 heteroatoms. The number of esters is 1. The largest absolute Gasteiger partial charge is 0.462 e. The number of rotatable bonds is 6. The normalized spacial score (nSPS) is 15.5. The van der Waals surface area contributed by atoms with Crippen molar-refractivity contribution in [3.63, 3.8) is 0 Å². The second-order valence-corrected chi connectivity index (χ2v) is 5.29. The van der Waals surface area contributed by atoms with Crippen LogP contribution in [0.3, 0.4) is 0 Å². The quantitative estimate of drug-likeness (QED) is 0.420. The smallest absolute Gasteiger partial charge is 0.323 e. The molecule has 0 spiro atoms. The molecule has 0 saturated carbocycles. The van der Waals surface area contributed by atoms with Gasteiger partial charge in [0.05, 0.1) is 6.10 Å². The molecule has 0 fully saturated rings. The highest BCUT2D eigenvalue weighted by molar-refractivity contribution is 7.80. The van der Waals surface area contributed by atoms with Crippen LogP contribution in [0.2, 0.25) is 0 Å². The molecule has 1 N–H and O–H groups in total. The van der Waals surface area contributed by atoms with Gasteiger partial charge in [-0.15, -0.1) is 0 Å². The number of carbonyl (C=O) groups excluding carboxylic acids is 1. The topological polar surface area (TPSA) is 38.3 Å². The summed E-state index contributed by atoms with van der Waals surface area (Å²) < 4.78 is 5.18. The number of carbonyl (C=O) groups is 1. The molecule has 0 aromatic heterocycles. The van der Waals surface area contributed by atoms with E-state index in [4.69, 9.17) is 4.74 Å². The first kappa shape index (κ1) is 14.8. The van der Waals surface area contributed by atoms with E-state index in [1.165, 1.54) is 0 Å². The van der Waals surface area contributed by atoms with Gasteiger partial charge in [0.15, 0.2) is 0 Å². The minimum atomic E-state index is -0.250. The van der Waals surface area contributed by atoms with Crippen molar-refractivity contribution in [2.75, 3.05) is 0 Å². The lowest BCUT2D eigenvalue weighted by atomic mass is 10.0. The lowest BCUT2D eigenvalue weighted by Crippen LogP contribution is -2.42. The van der Waals surface area contributed by atoms with Crippen molar-refractivity contribution in [3.05, 3.63) is 0 Å². The zero-order chi connectivity index (χ0) is 12.0. The summed E-state index contributed by atoms with van der Waals surface area (Å²) in [7, 11) is 0. The van der Waals surface area contributed by atoms with Gasteiger partial charge in [0.1, 0.15) is 6.04 Å². The molecule has 1 unspecified atom stereocenters. The summed E-state index contributed by atoms with van der Waals surface area (Å²) in [5.41, 5.74) is 0. The minimum Gasteiger partial charge on any atom is -0.462 e. The molecular weight excluding hydrogens is 210 g/mol. The predicted molar refractivity (Wildman–Crippen MR) is 66.1 cm³/mol. The molecule has 3 nitrogen and oxygen atoms in total. The van der Waals surface area contributed by atoms with E-state index in [1.54, 1.807) is 0 Å². The van der Waals surface area contributed by atoms with Gasteiger partial charge in [0.25, 0.3) is 0 Å². The van der Waals surface area contributed by atoms with Gasteiger partial charge in [0.2, 0.25) is 0 Å². The maximum Gasteiger partial charge on any atom is 0.323 e. The first-order valence-corrected chi connectivity index (χ1v) is 5.99. The molecule has 0 amide bonds. The zero-order valence-corrected chi connectivity index (χ0v) is 11.2. The fourth-order valence-corrected chi connectivity index (χ4v) is 1.49. The molecule has 0 aromatic carbocycles. The van der Waals surface area contributed by atoms with E-state index in [1.807, 2.05) is 20.8 Å². The molecule has 15 heavy (non-hydrogen) atoms. The third-order valence-corrected chi connectivity index (χ3v) is 1.93. The molecule has 0 heterocycles. The number of ether oxygens (including phenoxy) is 1. The van der Waals surface area contributed by atoms with Crippen LogP contribution in [0.5, 0.6) is 0 Å². The van der Waals surface area contributed by atoms with Gasteiger partial charge >= 0.3 is 5.97 Å². The molecule has 0 aliphatic heterocycles.